The second kappa shape index (κ2) is 11.2. The van der Waals surface area contributed by atoms with Crippen molar-refractivity contribution < 1.29 is 9.90 Å². The van der Waals surface area contributed by atoms with Crippen molar-refractivity contribution in [3.8, 4) is 0 Å². The molecule has 9 atom stereocenters. The van der Waals surface area contributed by atoms with Gasteiger partial charge in [0.05, 0.1) is 5.56 Å². The maximum Gasteiger partial charge on any atom is 0.335 e. The predicted molar refractivity (Wildman–Crippen MR) is 185 cm³/mol. The number of rotatable bonds is 7. The van der Waals surface area contributed by atoms with E-state index in [-0.39, 0.29) is 5.41 Å². The Balaban J connectivity index is 1.12. The number of likely N-dealkylation sites (tertiary alicyclic amines) is 1. The maximum atomic E-state index is 11.5. The Morgan fingerprint density at radius 1 is 0.867 bits per heavy atom. The fourth-order valence-corrected chi connectivity index (χ4v) is 13.9. The van der Waals surface area contributed by atoms with Gasteiger partial charge in [-0.05, 0) is 158 Å². The maximum absolute atomic E-state index is 11.5. The molecule has 1 aromatic carbocycles. The van der Waals surface area contributed by atoms with Gasteiger partial charge < -0.3 is 10.4 Å². The second-order valence-corrected chi connectivity index (χ2v) is 18.0. The van der Waals surface area contributed by atoms with Crippen LogP contribution in [-0.2, 0) is 0 Å². The average molecular weight is 615 g/mol. The van der Waals surface area contributed by atoms with Crippen LogP contribution in [0.5, 0.6) is 0 Å². The molecule has 0 spiro atoms. The Morgan fingerprint density at radius 3 is 2.38 bits per heavy atom. The van der Waals surface area contributed by atoms with Crippen molar-refractivity contribution in [3.63, 3.8) is 0 Å². The molecule has 5 aliphatic carbocycles. The lowest BCUT2D eigenvalue weighted by molar-refractivity contribution is -0.222. The second-order valence-electron chi connectivity index (χ2n) is 18.0. The van der Waals surface area contributed by atoms with Crippen molar-refractivity contribution in [1.29, 1.82) is 0 Å². The lowest BCUT2D eigenvalue weighted by atomic mass is 9.32. The van der Waals surface area contributed by atoms with Gasteiger partial charge in [-0.15, -0.1) is 0 Å². The summed E-state index contributed by atoms with van der Waals surface area (Å²) >= 11 is 0. The molecule has 2 N–H and O–H groups in total. The zero-order valence-electron chi connectivity index (χ0n) is 29.4. The summed E-state index contributed by atoms with van der Waals surface area (Å²) in [5, 5.41) is 13.6. The van der Waals surface area contributed by atoms with Crippen LogP contribution in [0.2, 0.25) is 0 Å². The quantitative estimate of drug-likeness (QED) is 0.321. The molecule has 0 bridgehead atoms. The van der Waals surface area contributed by atoms with Gasteiger partial charge in [0.2, 0.25) is 0 Å². The SMILES string of the molecule is CCN1CCCC1CNCC12CCCC1C1CCC3C4(C)CC=C(c5ccc(C(=O)O)cc5)C(C)(C)C4CCC3(C)[C@]1(C)CC2. The number of benzene rings is 1. The number of carboxylic acid groups (broad SMARTS) is 1. The molecule has 248 valence electrons. The van der Waals surface area contributed by atoms with E-state index in [1.807, 2.05) is 0 Å². The molecule has 4 nitrogen and oxygen atoms in total. The summed E-state index contributed by atoms with van der Waals surface area (Å²) in [7, 11) is 0. The predicted octanol–water partition coefficient (Wildman–Crippen LogP) is 9.31. The molecular weight excluding hydrogens is 552 g/mol. The smallest absolute Gasteiger partial charge is 0.335 e. The minimum atomic E-state index is -0.845. The first-order valence-electron chi connectivity index (χ1n) is 18.9. The molecule has 4 saturated carbocycles. The molecular formula is C41H62N2O2. The summed E-state index contributed by atoms with van der Waals surface area (Å²) in [5.41, 5.74) is 4.78. The number of carbonyl (C=O) groups is 1. The van der Waals surface area contributed by atoms with Gasteiger partial charge in [0.1, 0.15) is 0 Å². The van der Waals surface area contributed by atoms with Crippen LogP contribution in [0.4, 0.5) is 0 Å². The van der Waals surface area contributed by atoms with Gasteiger partial charge in [0.15, 0.2) is 0 Å². The zero-order valence-corrected chi connectivity index (χ0v) is 29.4. The van der Waals surface area contributed by atoms with Crippen LogP contribution in [0.1, 0.15) is 135 Å². The monoisotopic (exact) mass is 614 g/mol. The summed E-state index contributed by atoms with van der Waals surface area (Å²) in [6.07, 6.45) is 19.2. The van der Waals surface area contributed by atoms with E-state index in [2.05, 4.69) is 70.0 Å². The van der Waals surface area contributed by atoms with E-state index >= 15 is 0 Å². The van der Waals surface area contributed by atoms with Gasteiger partial charge in [-0.25, -0.2) is 4.79 Å². The third-order valence-electron chi connectivity index (χ3n) is 16.3. The van der Waals surface area contributed by atoms with Gasteiger partial charge in [0, 0.05) is 19.1 Å². The highest BCUT2D eigenvalue weighted by Gasteiger charge is 2.69. The Morgan fingerprint density at radius 2 is 1.64 bits per heavy atom. The van der Waals surface area contributed by atoms with Crippen molar-refractivity contribution in [1.82, 2.24) is 10.2 Å². The van der Waals surface area contributed by atoms with E-state index in [0.717, 1.165) is 30.2 Å². The standard InChI is InChI=1S/C41H62N2O2/c1-7-43-25-9-10-30(43)26-42-27-41-20-8-11-33(41)32-16-17-35-38(4)21-18-31(28-12-14-29(15-13-28)36(44)45)37(2,3)34(38)19-22-40(35,6)39(32,5)23-24-41/h12-15,18,30,32-35,42H,7-11,16-17,19-27H2,1-6H3,(H,44,45)/t30?,32?,33?,34?,35?,38?,39-,40?,41?/m1/s1. The summed E-state index contributed by atoms with van der Waals surface area (Å²) in [5.74, 6) is 2.36. The molecule has 5 fully saturated rings. The Labute approximate surface area is 274 Å². The van der Waals surface area contributed by atoms with Crippen LogP contribution in [0.15, 0.2) is 30.3 Å². The number of hydrogen-bond donors (Lipinski definition) is 2. The average Bonchev–Trinajstić information content (AvgIpc) is 3.64. The topological polar surface area (TPSA) is 52.6 Å². The van der Waals surface area contributed by atoms with Crippen molar-refractivity contribution >= 4 is 11.5 Å². The van der Waals surface area contributed by atoms with Crippen molar-refractivity contribution in [2.24, 2.45) is 50.7 Å². The highest BCUT2D eigenvalue weighted by molar-refractivity contribution is 5.88. The molecule has 0 aromatic heterocycles. The highest BCUT2D eigenvalue weighted by Crippen LogP contribution is 2.77. The number of fused-ring (bicyclic) bond motifs is 7. The summed E-state index contributed by atoms with van der Waals surface area (Å²) in [6, 6.07) is 8.44. The first-order chi connectivity index (χ1) is 21.4. The molecule has 0 radical (unpaired) electrons. The van der Waals surface area contributed by atoms with Crippen molar-refractivity contribution in [3.05, 3.63) is 41.5 Å². The fraction of sp³-hybridized carbons (Fsp3) is 0.780. The van der Waals surface area contributed by atoms with Gasteiger partial charge in [-0.2, -0.15) is 0 Å². The Bertz CT molecular complexity index is 1320. The van der Waals surface area contributed by atoms with Crippen LogP contribution < -0.4 is 5.32 Å². The molecule has 0 amide bonds. The Kier molecular flexibility index (Phi) is 7.96. The van der Waals surface area contributed by atoms with E-state index < -0.39 is 5.97 Å². The number of hydrogen-bond acceptors (Lipinski definition) is 3. The number of aromatic carboxylic acids is 1. The van der Waals surface area contributed by atoms with E-state index in [4.69, 9.17) is 0 Å². The number of nitrogens with one attached hydrogen (secondary N) is 1. The van der Waals surface area contributed by atoms with Gasteiger partial charge in [-0.1, -0.05) is 66.2 Å². The zero-order chi connectivity index (χ0) is 31.8. The lowest BCUT2D eigenvalue weighted by Crippen LogP contribution is -2.65. The van der Waals surface area contributed by atoms with E-state index in [0.29, 0.717) is 33.1 Å². The number of likely N-dealkylation sites (N-methyl/N-ethyl adjacent to an activating group) is 1. The number of allylic oxidation sites excluding steroid dienone is 2. The van der Waals surface area contributed by atoms with E-state index in [9.17, 15) is 9.90 Å². The molecule has 6 aliphatic rings. The first-order valence-corrected chi connectivity index (χ1v) is 18.9. The van der Waals surface area contributed by atoms with Crippen molar-refractivity contribution in [2.45, 2.75) is 125 Å². The van der Waals surface area contributed by atoms with Crippen LogP contribution in [-0.4, -0.2) is 48.2 Å². The number of carboxylic acids is 1. The third kappa shape index (κ3) is 4.68. The van der Waals surface area contributed by atoms with E-state index in [1.165, 1.54) is 108 Å². The fourth-order valence-electron chi connectivity index (χ4n) is 13.9. The van der Waals surface area contributed by atoms with Crippen molar-refractivity contribution in [2.75, 3.05) is 26.2 Å². The largest absolute Gasteiger partial charge is 0.478 e. The van der Waals surface area contributed by atoms with Crippen LogP contribution in [0.25, 0.3) is 5.57 Å². The summed E-state index contributed by atoms with van der Waals surface area (Å²) in [4.78, 5) is 14.2. The lowest BCUT2D eigenvalue weighted by Gasteiger charge is -2.72. The van der Waals surface area contributed by atoms with Crippen LogP contribution in [0.3, 0.4) is 0 Å². The van der Waals surface area contributed by atoms with Gasteiger partial charge in [0.25, 0.3) is 0 Å². The molecule has 1 aliphatic heterocycles. The normalized spacial score (nSPS) is 44.0. The molecule has 1 heterocycles. The molecule has 1 aromatic rings. The Hall–Kier alpha value is -1.65. The van der Waals surface area contributed by atoms with Gasteiger partial charge in [-0.3, -0.25) is 4.90 Å². The molecule has 4 heteroatoms. The van der Waals surface area contributed by atoms with Gasteiger partial charge >= 0.3 is 5.97 Å². The minimum Gasteiger partial charge on any atom is -0.478 e. The number of nitrogens with zero attached hydrogens (tertiary/aromatic N) is 1. The van der Waals surface area contributed by atoms with E-state index in [1.54, 1.807) is 12.1 Å². The summed E-state index contributed by atoms with van der Waals surface area (Å²) < 4.78 is 0. The molecule has 7 rings (SSSR count). The molecule has 45 heavy (non-hydrogen) atoms. The van der Waals surface area contributed by atoms with Crippen LogP contribution in [0, 0.1) is 50.7 Å². The molecule has 8 unspecified atom stereocenters. The summed E-state index contributed by atoms with van der Waals surface area (Å²) in [6.45, 7) is 20.5. The highest BCUT2D eigenvalue weighted by atomic mass is 16.4. The third-order valence-corrected chi connectivity index (χ3v) is 16.3. The van der Waals surface area contributed by atoms with Crippen LogP contribution >= 0.6 is 0 Å². The first kappa shape index (κ1) is 31.9. The molecule has 1 saturated heterocycles. The minimum absolute atomic E-state index is 0.0718.